The van der Waals surface area contributed by atoms with Crippen LogP contribution in [0.25, 0.3) is 44.4 Å². The number of rotatable bonds is 11. The summed E-state index contributed by atoms with van der Waals surface area (Å²) in [6.07, 6.45) is 6.13. The van der Waals surface area contributed by atoms with E-state index in [1.165, 1.54) is 38.7 Å². The Morgan fingerprint density at radius 3 is 2.19 bits per heavy atom. The average molecular weight is 689 g/mol. The first kappa shape index (κ1) is 35.3. The second kappa shape index (κ2) is 14.5. The standard InChI is InChI=1S/C47H52N4O/c1-9-13-33-18-20-34(21-19-33)45-42(24-26-47(6,7)8)51(49-46(45)32(4)5)36-14-12-15-37(29-36)52-38-22-23-40-39-16-10-11-17-41(39)50(43(40)30-38)44-28-35(31(2)3)25-27-48-44/h10-12,14-23,25,27-32H,9,13,24,26H2,1-8H3. The Morgan fingerprint density at radius 1 is 0.712 bits per heavy atom. The summed E-state index contributed by atoms with van der Waals surface area (Å²) >= 11 is 0. The van der Waals surface area contributed by atoms with E-state index in [9.17, 15) is 0 Å². The highest BCUT2D eigenvalue weighted by Crippen LogP contribution is 2.38. The maximum atomic E-state index is 6.68. The average Bonchev–Trinajstić information content (AvgIpc) is 3.67. The molecule has 0 aliphatic carbocycles. The van der Waals surface area contributed by atoms with Gasteiger partial charge < -0.3 is 4.74 Å². The van der Waals surface area contributed by atoms with Gasteiger partial charge in [0.15, 0.2) is 0 Å². The fourth-order valence-electron chi connectivity index (χ4n) is 7.25. The van der Waals surface area contributed by atoms with Gasteiger partial charge in [0.05, 0.1) is 28.1 Å². The second-order valence-electron chi connectivity index (χ2n) is 16.0. The number of hydrogen-bond acceptors (Lipinski definition) is 3. The number of nitrogens with zero attached hydrogens (tertiary/aromatic N) is 4. The first-order chi connectivity index (χ1) is 25.0. The number of fused-ring (bicyclic) bond motifs is 3. The van der Waals surface area contributed by atoms with Crippen LogP contribution < -0.4 is 4.74 Å². The van der Waals surface area contributed by atoms with E-state index in [-0.39, 0.29) is 11.3 Å². The highest BCUT2D eigenvalue weighted by atomic mass is 16.5. The van der Waals surface area contributed by atoms with Gasteiger partial charge in [0, 0.05) is 34.7 Å². The summed E-state index contributed by atoms with van der Waals surface area (Å²) < 4.78 is 11.1. The lowest BCUT2D eigenvalue weighted by Gasteiger charge is -2.19. The molecule has 7 rings (SSSR count). The Morgan fingerprint density at radius 2 is 1.46 bits per heavy atom. The minimum absolute atomic E-state index is 0.188. The van der Waals surface area contributed by atoms with Gasteiger partial charge in [0.2, 0.25) is 0 Å². The van der Waals surface area contributed by atoms with Crippen molar-refractivity contribution in [3.8, 4) is 34.1 Å². The number of para-hydroxylation sites is 1. The summed E-state index contributed by atoms with van der Waals surface area (Å²) in [4.78, 5) is 4.83. The lowest BCUT2D eigenvalue weighted by molar-refractivity contribution is 0.375. The van der Waals surface area contributed by atoms with Crippen LogP contribution >= 0.6 is 0 Å². The van der Waals surface area contributed by atoms with Crippen molar-refractivity contribution in [2.24, 2.45) is 5.41 Å². The number of aryl methyl sites for hydroxylation is 1. The Labute approximate surface area is 309 Å². The zero-order valence-electron chi connectivity index (χ0n) is 32.1. The van der Waals surface area contributed by atoms with Crippen molar-refractivity contribution in [1.29, 1.82) is 0 Å². The fourth-order valence-corrected chi connectivity index (χ4v) is 7.25. The Kier molecular flexibility index (Phi) is 9.80. The molecule has 0 fully saturated rings. The summed E-state index contributed by atoms with van der Waals surface area (Å²) in [7, 11) is 0. The molecule has 0 aliphatic heterocycles. The van der Waals surface area contributed by atoms with Crippen LogP contribution in [0.1, 0.15) is 103 Å². The monoisotopic (exact) mass is 688 g/mol. The van der Waals surface area contributed by atoms with Gasteiger partial charge in [-0.05, 0) is 95.7 Å². The van der Waals surface area contributed by atoms with Crippen molar-refractivity contribution < 1.29 is 4.74 Å². The maximum Gasteiger partial charge on any atom is 0.137 e. The van der Waals surface area contributed by atoms with E-state index >= 15 is 0 Å². The van der Waals surface area contributed by atoms with Crippen LogP contribution in [0.15, 0.2) is 109 Å². The summed E-state index contributed by atoms with van der Waals surface area (Å²) in [5, 5.41) is 7.71. The van der Waals surface area contributed by atoms with E-state index in [1.54, 1.807) is 0 Å². The zero-order valence-corrected chi connectivity index (χ0v) is 32.1. The van der Waals surface area contributed by atoms with Crippen LogP contribution in [0, 0.1) is 5.41 Å². The molecule has 0 aliphatic rings. The van der Waals surface area contributed by atoms with Crippen molar-refractivity contribution in [2.45, 2.75) is 92.9 Å². The van der Waals surface area contributed by atoms with Crippen molar-refractivity contribution >= 4 is 21.8 Å². The Hall–Kier alpha value is -5.16. The quantitative estimate of drug-likeness (QED) is 0.136. The molecule has 3 heterocycles. The van der Waals surface area contributed by atoms with Crippen LogP contribution in [0.4, 0.5) is 0 Å². The third-order valence-corrected chi connectivity index (χ3v) is 10.1. The zero-order chi connectivity index (χ0) is 36.6. The molecule has 5 nitrogen and oxygen atoms in total. The predicted molar refractivity (Wildman–Crippen MR) is 218 cm³/mol. The molecule has 0 spiro atoms. The molecular weight excluding hydrogens is 637 g/mol. The molecular formula is C47H52N4O. The maximum absolute atomic E-state index is 6.68. The molecule has 3 aromatic heterocycles. The third kappa shape index (κ3) is 7.14. The summed E-state index contributed by atoms with van der Waals surface area (Å²) in [5.74, 6) is 3.14. The van der Waals surface area contributed by atoms with Gasteiger partial charge in [-0.3, -0.25) is 4.57 Å². The van der Waals surface area contributed by atoms with E-state index in [2.05, 4.69) is 162 Å². The molecule has 7 aromatic rings. The Bertz CT molecular complexity index is 2330. The van der Waals surface area contributed by atoms with Crippen molar-refractivity contribution in [1.82, 2.24) is 19.3 Å². The summed E-state index contributed by atoms with van der Waals surface area (Å²) in [6.45, 7) is 18.1. The van der Waals surface area contributed by atoms with Crippen molar-refractivity contribution in [2.75, 3.05) is 0 Å². The smallest absolute Gasteiger partial charge is 0.137 e. The van der Waals surface area contributed by atoms with Gasteiger partial charge in [-0.1, -0.05) is 110 Å². The first-order valence-corrected chi connectivity index (χ1v) is 19.0. The molecule has 0 bridgehead atoms. The van der Waals surface area contributed by atoms with Crippen LogP contribution in [-0.2, 0) is 12.8 Å². The molecule has 5 heteroatoms. The van der Waals surface area contributed by atoms with Crippen molar-refractivity contribution in [3.05, 3.63) is 132 Å². The van der Waals surface area contributed by atoms with E-state index in [0.29, 0.717) is 5.92 Å². The van der Waals surface area contributed by atoms with Crippen molar-refractivity contribution in [3.63, 3.8) is 0 Å². The van der Waals surface area contributed by atoms with Gasteiger partial charge in [-0.15, -0.1) is 0 Å². The molecule has 52 heavy (non-hydrogen) atoms. The highest BCUT2D eigenvalue weighted by molar-refractivity contribution is 6.09. The minimum Gasteiger partial charge on any atom is -0.457 e. The topological polar surface area (TPSA) is 44.9 Å². The predicted octanol–water partition coefficient (Wildman–Crippen LogP) is 13.0. The molecule has 0 N–H and O–H groups in total. The van der Waals surface area contributed by atoms with E-state index in [4.69, 9.17) is 14.8 Å². The molecule has 0 atom stereocenters. The van der Waals surface area contributed by atoms with E-state index in [1.807, 2.05) is 12.3 Å². The molecule has 0 saturated carbocycles. The molecule has 0 amide bonds. The van der Waals surface area contributed by atoms with E-state index < -0.39 is 0 Å². The summed E-state index contributed by atoms with van der Waals surface area (Å²) in [5.41, 5.74) is 10.9. The molecule has 0 unspecified atom stereocenters. The normalized spacial score (nSPS) is 12.1. The van der Waals surface area contributed by atoms with E-state index in [0.717, 1.165) is 65.4 Å². The van der Waals surface area contributed by atoms with Gasteiger partial charge in [0.25, 0.3) is 0 Å². The molecule has 266 valence electrons. The highest BCUT2D eigenvalue weighted by Gasteiger charge is 2.24. The number of pyridine rings is 1. The van der Waals surface area contributed by atoms with Gasteiger partial charge in [-0.2, -0.15) is 5.10 Å². The second-order valence-corrected chi connectivity index (χ2v) is 16.0. The number of benzene rings is 4. The number of aromatic nitrogens is 4. The minimum atomic E-state index is 0.188. The molecule has 0 radical (unpaired) electrons. The fraction of sp³-hybridized carbons (Fsp3) is 0.319. The SMILES string of the molecule is CCCc1ccc(-c2c(C(C)C)nn(-c3cccc(Oc4ccc5c6ccccc6n(-c6cc(C(C)C)ccn6)c5c4)c3)c2CCC(C)(C)C)cc1. The number of hydrogen-bond donors (Lipinski definition) is 0. The number of ether oxygens (including phenoxy) is 1. The third-order valence-electron chi connectivity index (χ3n) is 10.1. The summed E-state index contributed by atoms with van der Waals surface area (Å²) in [6, 6.07) is 36.8. The first-order valence-electron chi connectivity index (χ1n) is 19.0. The lowest BCUT2D eigenvalue weighted by atomic mass is 9.87. The van der Waals surface area contributed by atoms with Crippen LogP contribution in [0.2, 0.25) is 0 Å². The van der Waals surface area contributed by atoms with Gasteiger partial charge >= 0.3 is 0 Å². The molecule has 0 saturated heterocycles. The largest absolute Gasteiger partial charge is 0.457 e. The molecule has 4 aromatic carbocycles. The van der Waals surface area contributed by atoms with Gasteiger partial charge in [0.1, 0.15) is 17.3 Å². The van der Waals surface area contributed by atoms with Crippen LogP contribution in [0.3, 0.4) is 0 Å². The van der Waals surface area contributed by atoms with Crippen LogP contribution in [-0.4, -0.2) is 19.3 Å². The van der Waals surface area contributed by atoms with Crippen LogP contribution in [0.5, 0.6) is 11.5 Å². The van der Waals surface area contributed by atoms with Gasteiger partial charge in [-0.25, -0.2) is 9.67 Å². The lowest BCUT2D eigenvalue weighted by Crippen LogP contribution is -2.10. The Balaban J connectivity index is 1.30.